The fourth-order valence-corrected chi connectivity index (χ4v) is 1.69. The van der Waals surface area contributed by atoms with Crippen molar-refractivity contribution in [3.05, 3.63) is 29.8 Å². The summed E-state index contributed by atoms with van der Waals surface area (Å²) in [5.41, 5.74) is -0.720. The maximum absolute atomic E-state index is 13.0. The molecular weight excluding hydrogens is 307 g/mol. The van der Waals surface area contributed by atoms with Crippen LogP contribution in [0.4, 0.5) is 9.18 Å². The Morgan fingerprint density at radius 3 is 2.52 bits per heavy atom. The van der Waals surface area contributed by atoms with Crippen molar-refractivity contribution in [2.75, 3.05) is 0 Å². The lowest BCUT2D eigenvalue weighted by atomic mass is 10.0. The molecule has 7 nitrogen and oxygen atoms in total. The number of carbonyl (C=O) groups excluding carboxylic acids is 2. The Balaban J connectivity index is 2.61. The van der Waals surface area contributed by atoms with Gasteiger partial charge in [-0.3, -0.25) is 9.78 Å². The monoisotopic (exact) mass is 326 g/mol. The molecule has 1 aromatic rings. The average molecular weight is 326 g/mol. The van der Waals surface area contributed by atoms with Gasteiger partial charge in [0, 0.05) is 18.2 Å². The van der Waals surface area contributed by atoms with Crippen molar-refractivity contribution in [3.8, 4) is 0 Å². The molecule has 1 amide bonds. The van der Waals surface area contributed by atoms with Crippen LogP contribution in [0.5, 0.6) is 0 Å². The molecule has 1 heterocycles. The highest BCUT2D eigenvalue weighted by molar-refractivity contribution is 5.96. The van der Waals surface area contributed by atoms with Crippen LogP contribution in [-0.2, 0) is 9.53 Å². The number of hydrogen-bond acceptors (Lipinski definition) is 5. The lowest BCUT2D eigenvalue weighted by Gasteiger charge is -2.21. The first-order chi connectivity index (χ1) is 10.6. The predicted molar refractivity (Wildman–Crippen MR) is 78.6 cm³/mol. The molecule has 2 N–H and O–H groups in total. The van der Waals surface area contributed by atoms with Gasteiger partial charge in [0.1, 0.15) is 17.5 Å². The molecule has 0 aliphatic rings. The molecule has 0 unspecified atom stereocenters. The Morgan fingerprint density at radius 2 is 2.00 bits per heavy atom. The zero-order valence-corrected chi connectivity index (χ0v) is 13.1. The number of halogens is 1. The minimum atomic E-state index is -1.29. The maximum Gasteiger partial charge on any atom is 0.408 e. The number of aliphatic carboxylic acids is 1. The van der Waals surface area contributed by atoms with E-state index in [0.717, 1.165) is 12.3 Å². The zero-order chi connectivity index (χ0) is 17.6. The first-order valence-electron chi connectivity index (χ1n) is 6.94. The van der Waals surface area contributed by atoms with Gasteiger partial charge >= 0.3 is 12.1 Å². The van der Waals surface area contributed by atoms with Gasteiger partial charge in [-0.1, -0.05) is 0 Å². The summed E-state index contributed by atoms with van der Waals surface area (Å²) >= 11 is 0. The molecule has 0 fully saturated rings. The number of carbonyl (C=O) groups is 3. The summed E-state index contributed by atoms with van der Waals surface area (Å²) in [5, 5.41) is 11.3. The summed E-state index contributed by atoms with van der Waals surface area (Å²) in [5.74, 6) is -2.41. The maximum atomic E-state index is 13.0. The third kappa shape index (κ3) is 6.86. The van der Waals surface area contributed by atoms with Crippen LogP contribution in [0.15, 0.2) is 18.5 Å². The Hall–Kier alpha value is -2.51. The predicted octanol–water partition coefficient (Wildman–Crippen LogP) is 2.16. The number of carboxylic acid groups (broad SMARTS) is 1. The average Bonchev–Trinajstić information content (AvgIpc) is 2.40. The lowest BCUT2D eigenvalue weighted by molar-refractivity contribution is -0.139. The van der Waals surface area contributed by atoms with E-state index in [2.05, 4.69) is 10.3 Å². The molecule has 126 valence electrons. The van der Waals surface area contributed by atoms with Crippen LogP contribution >= 0.6 is 0 Å². The Kier molecular flexibility index (Phi) is 6.18. The minimum Gasteiger partial charge on any atom is -0.480 e. The summed E-state index contributed by atoms with van der Waals surface area (Å²) in [7, 11) is 0. The molecule has 0 spiro atoms. The van der Waals surface area contributed by atoms with Gasteiger partial charge in [0.2, 0.25) is 0 Å². The number of ether oxygens (including phenoxy) is 1. The standard InChI is InChI=1S/C15H19FN2O5/c1-15(2,3)23-14(22)18-11(13(20)21)4-5-12(19)9-6-10(16)8-17-7-9/h6-8,11H,4-5H2,1-3H3,(H,18,22)(H,20,21)/t11-/m0/s1. The summed E-state index contributed by atoms with van der Waals surface area (Å²) in [4.78, 5) is 38.2. The number of nitrogens with one attached hydrogen (secondary N) is 1. The van der Waals surface area contributed by atoms with Crippen molar-refractivity contribution >= 4 is 17.8 Å². The molecule has 0 bridgehead atoms. The number of rotatable bonds is 6. The molecule has 0 aliphatic heterocycles. The highest BCUT2D eigenvalue weighted by atomic mass is 19.1. The van der Waals surface area contributed by atoms with Crippen LogP contribution in [0.1, 0.15) is 44.0 Å². The molecular formula is C15H19FN2O5. The van der Waals surface area contributed by atoms with Crippen LogP contribution in [0.2, 0.25) is 0 Å². The summed E-state index contributed by atoms with van der Waals surface area (Å²) in [6.45, 7) is 4.93. The van der Waals surface area contributed by atoms with E-state index in [4.69, 9.17) is 9.84 Å². The van der Waals surface area contributed by atoms with Crippen molar-refractivity contribution in [2.24, 2.45) is 0 Å². The van der Waals surface area contributed by atoms with Crippen molar-refractivity contribution in [1.29, 1.82) is 0 Å². The second kappa shape index (κ2) is 7.66. The number of nitrogens with zero attached hydrogens (tertiary/aromatic N) is 1. The fraction of sp³-hybridized carbons (Fsp3) is 0.467. The third-order valence-corrected chi connectivity index (χ3v) is 2.68. The lowest BCUT2D eigenvalue weighted by Crippen LogP contribution is -2.43. The number of amides is 1. The van der Waals surface area contributed by atoms with E-state index in [1.807, 2.05) is 0 Å². The van der Waals surface area contributed by atoms with Crippen molar-refractivity contribution in [3.63, 3.8) is 0 Å². The summed E-state index contributed by atoms with van der Waals surface area (Å²) in [6.07, 6.45) is 0.940. The second-order valence-electron chi connectivity index (χ2n) is 5.89. The van der Waals surface area contributed by atoms with Crippen molar-refractivity contribution in [1.82, 2.24) is 10.3 Å². The van der Waals surface area contributed by atoms with Crippen LogP contribution in [0.3, 0.4) is 0 Å². The van der Waals surface area contributed by atoms with E-state index in [0.29, 0.717) is 0 Å². The van der Waals surface area contributed by atoms with Crippen molar-refractivity contribution < 1.29 is 28.6 Å². The normalized spacial score (nSPS) is 12.3. The van der Waals surface area contributed by atoms with E-state index in [-0.39, 0.29) is 18.4 Å². The van der Waals surface area contributed by atoms with Gasteiger partial charge in [-0.05, 0) is 33.3 Å². The summed E-state index contributed by atoms with van der Waals surface area (Å²) in [6, 6.07) is -0.262. The van der Waals surface area contributed by atoms with E-state index in [1.165, 1.54) is 6.20 Å². The van der Waals surface area contributed by atoms with Crippen LogP contribution < -0.4 is 5.32 Å². The van der Waals surface area contributed by atoms with E-state index < -0.39 is 35.3 Å². The van der Waals surface area contributed by atoms with E-state index in [9.17, 15) is 18.8 Å². The van der Waals surface area contributed by atoms with Crippen molar-refractivity contribution in [2.45, 2.75) is 45.3 Å². The fourth-order valence-electron chi connectivity index (χ4n) is 1.69. The molecule has 1 aromatic heterocycles. The Labute approximate surface area is 132 Å². The topological polar surface area (TPSA) is 106 Å². The molecule has 1 atom stereocenters. The van der Waals surface area contributed by atoms with E-state index in [1.54, 1.807) is 20.8 Å². The molecule has 1 rings (SSSR count). The number of alkyl carbamates (subject to hydrolysis) is 1. The van der Waals surface area contributed by atoms with Gasteiger partial charge in [0.15, 0.2) is 5.78 Å². The van der Waals surface area contributed by atoms with Crippen LogP contribution in [0, 0.1) is 5.82 Å². The first-order valence-corrected chi connectivity index (χ1v) is 6.94. The van der Waals surface area contributed by atoms with Gasteiger partial charge in [0.25, 0.3) is 0 Å². The first kappa shape index (κ1) is 18.5. The molecule has 23 heavy (non-hydrogen) atoms. The molecule has 0 saturated carbocycles. The second-order valence-corrected chi connectivity index (χ2v) is 5.89. The Bertz CT molecular complexity index is 598. The minimum absolute atomic E-state index is 0.0476. The number of pyridine rings is 1. The number of ketones is 1. The van der Waals surface area contributed by atoms with Gasteiger partial charge in [-0.25, -0.2) is 14.0 Å². The number of carboxylic acids is 1. The number of aromatic nitrogens is 1. The number of hydrogen-bond donors (Lipinski definition) is 2. The molecule has 0 radical (unpaired) electrons. The highest BCUT2D eigenvalue weighted by Crippen LogP contribution is 2.10. The van der Waals surface area contributed by atoms with E-state index >= 15 is 0 Å². The quantitative estimate of drug-likeness (QED) is 0.776. The molecule has 0 aromatic carbocycles. The van der Waals surface area contributed by atoms with Crippen LogP contribution in [-0.4, -0.2) is 39.6 Å². The van der Waals surface area contributed by atoms with Gasteiger partial charge in [0.05, 0.1) is 6.20 Å². The Morgan fingerprint density at radius 1 is 1.35 bits per heavy atom. The zero-order valence-electron chi connectivity index (χ0n) is 13.1. The molecule has 0 saturated heterocycles. The summed E-state index contributed by atoms with van der Waals surface area (Å²) < 4.78 is 18.0. The van der Waals surface area contributed by atoms with Gasteiger partial charge in [-0.15, -0.1) is 0 Å². The molecule has 8 heteroatoms. The third-order valence-electron chi connectivity index (χ3n) is 2.68. The van der Waals surface area contributed by atoms with Gasteiger partial charge in [-0.2, -0.15) is 0 Å². The van der Waals surface area contributed by atoms with Crippen LogP contribution in [0.25, 0.3) is 0 Å². The largest absolute Gasteiger partial charge is 0.480 e. The molecule has 0 aliphatic carbocycles. The van der Waals surface area contributed by atoms with Gasteiger partial charge < -0.3 is 15.2 Å². The number of Topliss-reactive ketones (excluding diaryl/α,β-unsaturated/α-hetero) is 1. The SMILES string of the molecule is CC(C)(C)OC(=O)N[C@@H](CCC(=O)c1cncc(F)c1)C(=O)O. The highest BCUT2D eigenvalue weighted by Gasteiger charge is 2.24. The smallest absolute Gasteiger partial charge is 0.408 e.